The quantitative estimate of drug-likeness (QED) is 0.421. The van der Waals surface area contributed by atoms with E-state index in [2.05, 4.69) is 15.3 Å². The van der Waals surface area contributed by atoms with Crippen molar-refractivity contribution in [2.75, 3.05) is 25.6 Å². The minimum Gasteiger partial charge on any atom is -0.497 e. The van der Waals surface area contributed by atoms with Crippen molar-refractivity contribution in [3.63, 3.8) is 0 Å². The van der Waals surface area contributed by atoms with Gasteiger partial charge in [0.05, 0.1) is 12.0 Å². The van der Waals surface area contributed by atoms with Crippen LogP contribution < -0.4 is 19.5 Å². The summed E-state index contributed by atoms with van der Waals surface area (Å²) in [5.74, 6) is 1.63. The molecule has 0 saturated heterocycles. The number of oxazole rings is 1. The van der Waals surface area contributed by atoms with Crippen molar-refractivity contribution in [2.24, 2.45) is 0 Å². The molecule has 2 aromatic carbocycles. The van der Waals surface area contributed by atoms with Gasteiger partial charge >= 0.3 is 0 Å². The Morgan fingerprint density at radius 1 is 1.03 bits per heavy atom. The highest BCUT2D eigenvalue weighted by molar-refractivity contribution is 7.91. The summed E-state index contributed by atoms with van der Waals surface area (Å²) in [6, 6.07) is 15.2. The van der Waals surface area contributed by atoms with Gasteiger partial charge in [0.25, 0.3) is 0 Å². The molecule has 174 valence electrons. The number of hydrogen-bond acceptors (Lipinski definition) is 9. The fourth-order valence-electron chi connectivity index (χ4n) is 3.47. The topological polar surface area (TPSA) is 113 Å². The van der Waals surface area contributed by atoms with Gasteiger partial charge in [-0.3, -0.25) is 4.98 Å². The first-order chi connectivity index (χ1) is 16.5. The highest BCUT2D eigenvalue weighted by Gasteiger charge is 2.30. The summed E-state index contributed by atoms with van der Waals surface area (Å²) in [5, 5.41) is 2.82. The van der Waals surface area contributed by atoms with Crippen molar-refractivity contribution in [2.45, 2.75) is 16.5 Å². The minimum absolute atomic E-state index is 0.0201. The molecular weight excluding hydrogens is 458 g/mol. The van der Waals surface area contributed by atoms with Crippen LogP contribution in [0.2, 0.25) is 0 Å². The molecule has 0 aliphatic carbocycles. The molecule has 10 heteroatoms. The predicted molar refractivity (Wildman–Crippen MR) is 123 cm³/mol. The second kappa shape index (κ2) is 9.06. The molecule has 0 bridgehead atoms. The average molecular weight is 480 g/mol. The summed E-state index contributed by atoms with van der Waals surface area (Å²) < 4.78 is 49.5. The van der Waals surface area contributed by atoms with Crippen LogP contribution in [0.15, 0.2) is 81.3 Å². The van der Waals surface area contributed by atoms with Crippen molar-refractivity contribution in [1.29, 1.82) is 0 Å². The lowest BCUT2D eigenvalue weighted by Crippen LogP contribution is -2.16. The molecule has 0 unspecified atom stereocenters. The third-order valence-corrected chi connectivity index (χ3v) is 6.83. The largest absolute Gasteiger partial charge is 0.497 e. The van der Waals surface area contributed by atoms with Crippen LogP contribution in [0.4, 0.5) is 5.88 Å². The van der Waals surface area contributed by atoms with E-state index in [9.17, 15) is 8.42 Å². The number of pyridine rings is 1. The smallest absolute Gasteiger partial charge is 0.234 e. The van der Waals surface area contributed by atoms with E-state index in [0.29, 0.717) is 42.6 Å². The molecule has 9 nitrogen and oxygen atoms in total. The minimum atomic E-state index is -4.06. The molecule has 5 rings (SSSR count). The lowest BCUT2D eigenvalue weighted by Gasteiger charge is -2.18. The van der Waals surface area contributed by atoms with E-state index in [0.717, 1.165) is 5.56 Å². The van der Waals surface area contributed by atoms with E-state index in [4.69, 9.17) is 18.6 Å². The number of aromatic nitrogens is 2. The van der Waals surface area contributed by atoms with Gasteiger partial charge in [-0.15, -0.1) is 0 Å². The van der Waals surface area contributed by atoms with Gasteiger partial charge in [0.2, 0.25) is 26.6 Å². The zero-order chi connectivity index (χ0) is 23.5. The summed E-state index contributed by atoms with van der Waals surface area (Å²) in [6.45, 7) is 1.05. The van der Waals surface area contributed by atoms with E-state index < -0.39 is 9.84 Å². The molecule has 1 aliphatic heterocycles. The summed E-state index contributed by atoms with van der Waals surface area (Å²) >= 11 is 0. The van der Waals surface area contributed by atoms with Gasteiger partial charge in [-0.05, 0) is 42.0 Å². The average Bonchev–Trinajstić information content (AvgIpc) is 3.33. The van der Waals surface area contributed by atoms with Gasteiger partial charge in [-0.25, -0.2) is 8.42 Å². The Morgan fingerprint density at radius 3 is 2.68 bits per heavy atom. The molecule has 0 spiro atoms. The van der Waals surface area contributed by atoms with Crippen molar-refractivity contribution in [3.8, 4) is 28.7 Å². The number of nitrogens with zero attached hydrogens (tertiary/aromatic N) is 2. The number of sulfone groups is 1. The maximum atomic E-state index is 13.6. The van der Waals surface area contributed by atoms with Crippen LogP contribution in [-0.4, -0.2) is 38.7 Å². The summed E-state index contributed by atoms with van der Waals surface area (Å²) in [7, 11) is -2.51. The molecule has 0 fully saturated rings. The SMILES string of the molecule is COc1cccc(-c2nc(S(=O)(=O)c3ccc4c(c3)OCCO4)c(NCc3cccnc3)o2)c1. The number of methoxy groups -OCH3 is 1. The fourth-order valence-corrected chi connectivity index (χ4v) is 4.76. The van der Waals surface area contributed by atoms with Crippen LogP contribution in [0.25, 0.3) is 11.5 Å². The molecule has 3 heterocycles. The number of rotatable bonds is 7. The van der Waals surface area contributed by atoms with Crippen LogP contribution in [0, 0.1) is 0 Å². The Morgan fingerprint density at radius 2 is 1.88 bits per heavy atom. The third-order valence-electron chi connectivity index (χ3n) is 5.17. The molecule has 0 saturated carbocycles. The Kier molecular flexibility index (Phi) is 5.81. The highest BCUT2D eigenvalue weighted by Crippen LogP contribution is 2.37. The molecule has 1 aliphatic rings. The van der Waals surface area contributed by atoms with Crippen LogP contribution in [-0.2, 0) is 16.4 Å². The number of nitrogens with one attached hydrogen (secondary N) is 1. The second-order valence-corrected chi connectivity index (χ2v) is 9.27. The lowest BCUT2D eigenvalue weighted by molar-refractivity contribution is 0.171. The van der Waals surface area contributed by atoms with E-state index in [-0.39, 0.29) is 21.7 Å². The summed E-state index contributed by atoms with van der Waals surface area (Å²) in [4.78, 5) is 8.47. The Hall–Kier alpha value is -4.05. The number of ether oxygens (including phenoxy) is 3. The number of hydrogen-bond donors (Lipinski definition) is 1. The van der Waals surface area contributed by atoms with Crippen LogP contribution in [0.5, 0.6) is 17.2 Å². The lowest BCUT2D eigenvalue weighted by atomic mass is 10.2. The van der Waals surface area contributed by atoms with Gasteiger partial charge < -0.3 is 23.9 Å². The summed E-state index contributed by atoms with van der Waals surface area (Å²) in [6.07, 6.45) is 3.35. The molecule has 0 atom stereocenters. The first-order valence-electron chi connectivity index (χ1n) is 10.5. The molecule has 1 N–H and O–H groups in total. The van der Waals surface area contributed by atoms with Gasteiger partial charge in [0.1, 0.15) is 19.0 Å². The van der Waals surface area contributed by atoms with Crippen molar-refractivity contribution in [1.82, 2.24) is 9.97 Å². The van der Waals surface area contributed by atoms with Gasteiger partial charge in [-0.2, -0.15) is 4.98 Å². The Labute approximate surface area is 196 Å². The normalized spacial score (nSPS) is 12.9. The van der Waals surface area contributed by atoms with Crippen molar-refractivity contribution >= 4 is 15.7 Å². The van der Waals surface area contributed by atoms with E-state index in [1.165, 1.54) is 12.1 Å². The fraction of sp³-hybridized carbons (Fsp3) is 0.167. The molecular formula is C24H21N3O6S. The van der Waals surface area contributed by atoms with Gasteiger partial charge in [0.15, 0.2) is 11.5 Å². The monoisotopic (exact) mass is 479 g/mol. The van der Waals surface area contributed by atoms with Crippen LogP contribution in [0.3, 0.4) is 0 Å². The molecule has 0 radical (unpaired) electrons. The second-order valence-electron chi connectivity index (χ2n) is 7.41. The van der Waals surface area contributed by atoms with Crippen molar-refractivity contribution in [3.05, 3.63) is 72.6 Å². The molecule has 34 heavy (non-hydrogen) atoms. The Balaban J connectivity index is 1.56. The van der Waals surface area contributed by atoms with E-state index >= 15 is 0 Å². The number of fused-ring (bicyclic) bond motifs is 1. The van der Waals surface area contributed by atoms with Gasteiger partial charge in [0, 0.05) is 30.6 Å². The third kappa shape index (κ3) is 4.27. The first-order valence-corrected chi connectivity index (χ1v) is 12.0. The zero-order valence-electron chi connectivity index (χ0n) is 18.2. The van der Waals surface area contributed by atoms with Gasteiger partial charge in [-0.1, -0.05) is 12.1 Å². The number of anilines is 1. The van der Waals surface area contributed by atoms with E-state index in [1.54, 1.807) is 55.9 Å². The van der Waals surface area contributed by atoms with E-state index in [1.807, 2.05) is 6.07 Å². The predicted octanol–water partition coefficient (Wildman–Crippen LogP) is 3.96. The molecule has 4 aromatic rings. The maximum Gasteiger partial charge on any atom is 0.234 e. The highest BCUT2D eigenvalue weighted by atomic mass is 32.2. The maximum absolute atomic E-state index is 13.6. The molecule has 2 aromatic heterocycles. The standard InChI is InChI=1S/C24H21N3O6S/c1-30-18-6-2-5-17(12-18)22-27-24(23(33-22)26-15-16-4-3-9-25-14-16)34(28,29)19-7-8-20-21(13-19)32-11-10-31-20/h2-9,12-14,26H,10-11,15H2,1H3. The van der Waals surface area contributed by atoms with Crippen LogP contribution in [0.1, 0.15) is 5.56 Å². The zero-order valence-corrected chi connectivity index (χ0v) is 19.0. The van der Waals surface area contributed by atoms with Crippen LogP contribution >= 0.6 is 0 Å². The summed E-state index contributed by atoms with van der Waals surface area (Å²) in [5.41, 5.74) is 1.43. The number of benzene rings is 2. The first kappa shape index (κ1) is 21.8. The van der Waals surface area contributed by atoms with Crippen molar-refractivity contribution < 1.29 is 27.0 Å². The molecule has 0 amide bonds. The Bertz CT molecular complexity index is 1420.